The molecule has 1 aromatic rings. The van der Waals surface area contributed by atoms with Crippen molar-refractivity contribution in [3.05, 3.63) is 24.3 Å². The van der Waals surface area contributed by atoms with Crippen LogP contribution in [-0.2, 0) is 0 Å². The largest absolute Gasteiger partial charge is 0.384 e. The summed E-state index contributed by atoms with van der Waals surface area (Å²) in [6, 6.07) is 3.14. The lowest BCUT2D eigenvalue weighted by molar-refractivity contribution is 0.293. The van der Waals surface area contributed by atoms with E-state index >= 15 is 0 Å². The number of pyridine rings is 1. The van der Waals surface area contributed by atoms with E-state index in [4.69, 9.17) is 0 Å². The molecule has 0 aromatic carbocycles. The van der Waals surface area contributed by atoms with E-state index < -0.39 is 5.95 Å². The second-order valence-corrected chi connectivity index (χ2v) is 4.89. The highest BCUT2D eigenvalue weighted by Gasteiger charge is 2.18. The number of nitrogens with one attached hydrogen (secondary N) is 1. The van der Waals surface area contributed by atoms with Gasteiger partial charge in [0.05, 0.1) is 11.9 Å². The molecule has 1 N–H and O–H groups in total. The average molecular weight is 222 g/mol. The zero-order chi connectivity index (χ0) is 11.4. The van der Waals surface area contributed by atoms with Crippen LogP contribution in [0.4, 0.5) is 10.1 Å². The first-order chi connectivity index (χ1) is 7.74. The maximum absolute atomic E-state index is 12.6. The van der Waals surface area contributed by atoms with Crippen LogP contribution in [0.25, 0.3) is 0 Å². The second kappa shape index (κ2) is 5.28. The van der Waals surface area contributed by atoms with Crippen molar-refractivity contribution in [1.29, 1.82) is 0 Å². The van der Waals surface area contributed by atoms with Crippen molar-refractivity contribution in [1.82, 2.24) is 4.98 Å². The average Bonchev–Trinajstić information content (AvgIpc) is 2.28. The van der Waals surface area contributed by atoms with Gasteiger partial charge in [-0.05, 0) is 36.8 Å². The van der Waals surface area contributed by atoms with Gasteiger partial charge in [0, 0.05) is 6.54 Å². The summed E-state index contributed by atoms with van der Waals surface area (Å²) in [6.07, 6.45) is 6.89. The van der Waals surface area contributed by atoms with E-state index in [1.807, 2.05) is 0 Å². The number of anilines is 1. The van der Waals surface area contributed by atoms with Crippen LogP contribution in [0.3, 0.4) is 0 Å². The Morgan fingerprint density at radius 1 is 1.44 bits per heavy atom. The summed E-state index contributed by atoms with van der Waals surface area (Å²) in [5.41, 5.74) is 0.916. The zero-order valence-electron chi connectivity index (χ0n) is 9.75. The number of nitrogens with zero attached hydrogens (tertiary/aromatic N) is 1. The molecule has 0 aliphatic heterocycles. The summed E-state index contributed by atoms with van der Waals surface area (Å²) >= 11 is 0. The third-order valence-electron chi connectivity index (χ3n) is 3.37. The molecule has 2 unspecified atom stereocenters. The third kappa shape index (κ3) is 3.19. The summed E-state index contributed by atoms with van der Waals surface area (Å²) in [6.45, 7) is 3.31. The SMILES string of the molecule is CC1CCCC(CNc2ccc(F)nc2)C1. The Bertz CT molecular complexity index is 323. The van der Waals surface area contributed by atoms with Gasteiger partial charge >= 0.3 is 0 Å². The van der Waals surface area contributed by atoms with Crippen molar-refractivity contribution in [2.75, 3.05) is 11.9 Å². The van der Waals surface area contributed by atoms with Gasteiger partial charge in [-0.15, -0.1) is 0 Å². The van der Waals surface area contributed by atoms with Crippen LogP contribution >= 0.6 is 0 Å². The van der Waals surface area contributed by atoms with Crippen LogP contribution in [0, 0.1) is 17.8 Å². The molecule has 0 bridgehead atoms. The monoisotopic (exact) mass is 222 g/mol. The minimum Gasteiger partial charge on any atom is -0.384 e. The first-order valence-corrected chi connectivity index (χ1v) is 6.09. The van der Waals surface area contributed by atoms with Gasteiger partial charge in [0.1, 0.15) is 0 Å². The van der Waals surface area contributed by atoms with Crippen LogP contribution < -0.4 is 5.32 Å². The Morgan fingerprint density at radius 2 is 2.31 bits per heavy atom. The smallest absolute Gasteiger partial charge is 0.212 e. The van der Waals surface area contributed by atoms with E-state index in [9.17, 15) is 4.39 Å². The van der Waals surface area contributed by atoms with Crippen molar-refractivity contribution in [2.45, 2.75) is 32.6 Å². The Hall–Kier alpha value is -1.12. The summed E-state index contributed by atoms with van der Waals surface area (Å²) in [7, 11) is 0. The van der Waals surface area contributed by atoms with Gasteiger partial charge in [-0.2, -0.15) is 4.39 Å². The molecule has 0 amide bonds. The lowest BCUT2D eigenvalue weighted by Gasteiger charge is -2.27. The standard InChI is InChI=1S/C13H19FN2/c1-10-3-2-4-11(7-10)8-15-12-5-6-13(14)16-9-12/h5-6,9-11,15H,2-4,7-8H2,1H3. The topological polar surface area (TPSA) is 24.9 Å². The van der Waals surface area contributed by atoms with E-state index in [0.717, 1.165) is 24.1 Å². The van der Waals surface area contributed by atoms with E-state index in [0.29, 0.717) is 0 Å². The minimum atomic E-state index is -0.420. The molecule has 1 aliphatic carbocycles. The van der Waals surface area contributed by atoms with Gasteiger partial charge in [0.2, 0.25) is 5.95 Å². The number of rotatable bonds is 3. The molecule has 88 valence electrons. The lowest BCUT2D eigenvalue weighted by Crippen LogP contribution is -2.21. The van der Waals surface area contributed by atoms with E-state index in [-0.39, 0.29) is 0 Å². The summed E-state index contributed by atoms with van der Waals surface area (Å²) < 4.78 is 12.6. The fraction of sp³-hybridized carbons (Fsp3) is 0.615. The van der Waals surface area contributed by atoms with Crippen molar-refractivity contribution < 1.29 is 4.39 Å². The number of halogens is 1. The van der Waals surface area contributed by atoms with Crippen LogP contribution in [0.5, 0.6) is 0 Å². The van der Waals surface area contributed by atoms with Crippen LogP contribution in [0.2, 0.25) is 0 Å². The van der Waals surface area contributed by atoms with Crippen molar-refractivity contribution in [2.24, 2.45) is 11.8 Å². The molecule has 0 spiro atoms. The summed E-state index contributed by atoms with van der Waals surface area (Å²) in [4.78, 5) is 3.63. The number of hydrogen-bond acceptors (Lipinski definition) is 2. The summed E-state index contributed by atoms with van der Waals surface area (Å²) in [5.74, 6) is 1.19. The molecule has 1 heterocycles. The Balaban J connectivity index is 1.80. The first-order valence-electron chi connectivity index (χ1n) is 6.09. The molecular formula is C13H19FN2. The van der Waals surface area contributed by atoms with E-state index in [1.165, 1.54) is 31.7 Å². The molecule has 0 radical (unpaired) electrons. The predicted octanol–water partition coefficient (Wildman–Crippen LogP) is 3.46. The molecular weight excluding hydrogens is 203 g/mol. The number of aromatic nitrogens is 1. The van der Waals surface area contributed by atoms with Gasteiger partial charge in [-0.1, -0.05) is 19.8 Å². The molecule has 1 aromatic heterocycles. The Kier molecular flexibility index (Phi) is 3.75. The predicted molar refractivity (Wildman–Crippen MR) is 63.8 cm³/mol. The maximum atomic E-state index is 12.6. The fourth-order valence-electron chi connectivity index (χ4n) is 2.49. The van der Waals surface area contributed by atoms with Crippen molar-refractivity contribution in [3.63, 3.8) is 0 Å². The fourth-order valence-corrected chi connectivity index (χ4v) is 2.49. The highest BCUT2D eigenvalue weighted by molar-refractivity contribution is 5.39. The van der Waals surface area contributed by atoms with E-state index in [2.05, 4.69) is 17.2 Å². The van der Waals surface area contributed by atoms with Crippen LogP contribution in [0.15, 0.2) is 18.3 Å². The molecule has 16 heavy (non-hydrogen) atoms. The van der Waals surface area contributed by atoms with Gasteiger partial charge in [0.15, 0.2) is 0 Å². The van der Waals surface area contributed by atoms with Gasteiger partial charge < -0.3 is 5.32 Å². The molecule has 1 fully saturated rings. The first kappa shape index (κ1) is 11.4. The summed E-state index contributed by atoms with van der Waals surface area (Å²) in [5, 5.41) is 3.33. The Labute approximate surface area is 96.3 Å². The van der Waals surface area contributed by atoms with Gasteiger partial charge in [0.25, 0.3) is 0 Å². The molecule has 0 saturated heterocycles. The molecule has 3 heteroatoms. The van der Waals surface area contributed by atoms with Crippen molar-refractivity contribution in [3.8, 4) is 0 Å². The Morgan fingerprint density at radius 3 is 3.00 bits per heavy atom. The lowest BCUT2D eigenvalue weighted by atomic mass is 9.82. The molecule has 2 nitrogen and oxygen atoms in total. The molecule has 1 aliphatic rings. The molecule has 1 saturated carbocycles. The second-order valence-electron chi connectivity index (χ2n) is 4.89. The highest BCUT2D eigenvalue weighted by atomic mass is 19.1. The van der Waals surface area contributed by atoms with Crippen molar-refractivity contribution >= 4 is 5.69 Å². The van der Waals surface area contributed by atoms with Gasteiger partial charge in [-0.3, -0.25) is 0 Å². The highest BCUT2D eigenvalue weighted by Crippen LogP contribution is 2.28. The maximum Gasteiger partial charge on any atom is 0.212 e. The minimum absolute atomic E-state index is 0.420. The molecule has 2 rings (SSSR count). The normalized spacial score (nSPS) is 25.4. The van der Waals surface area contributed by atoms with Gasteiger partial charge in [-0.25, -0.2) is 4.98 Å². The number of hydrogen-bond donors (Lipinski definition) is 1. The molecule has 2 atom stereocenters. The quantitative estimate of drug-likeness (QED) is 0.792. The third-order valence-corrected chi connectivity index (χ3v) is 3.37. The van der Waals surface area contributed by atoms with Crippen LogP contribution in [-0.4, -0.2) is 11.5 Å². The van der Waals surface area contributed by atoms with E-state index in [1.54, 1.807) is 12.3 Å². The zero-order valence-corrected chi connectivity index (χ0v) is 9.75. The van der Waals surface area contributed by atoms with Crippen LogP contribution in [0.1, 0.15) is 32.6 Å².